The average Bonchev–Trinajstić information content (AvgIpc) is 2.18. The van der Waals surface area contributed by atoms with Gasteiger partial charge in [0, 0.05) is 11.3 Å². The molecule has 3 heteroatoms. The molecule has 1 saturated carbocycles. The van der Waals surface area contributed by atoms with Crippen molar-refractivity contribution in [3.63, 3.8) is 0 Å². The molecule has 0 saturated heterocycles. The number of carbonyl (C=O) groups excluding carboxylic acids is 1. The van der Waals surface area contributed by atoms with Crippen LogP contribution in [-0.2, 0) is 4.79 Å². The minimum atomic E-state index is -0.323. The van der Waals surface area contributed by atoms with Crippen molar-refractivity contribution in [2.24, 2.45) is 5.41 Å². The number of alkyl halides is 1. The average molecular weight is 232 g/mol. The van der Waals surface area contributed by atoms with Crippen LogP contribution in [-0.4, -0.2) is 17.3 Å². The zero-order valence-electron chi connectivity index (χ0n) is 10.0. The summed E-state index contributed by atoms with van der Waals surface area (Å²) >= 11 is 6.02. The van der Waals surface area contributed by atoms with Gasteiger partial charge >= 0.3 is 0 Å². The maximum Gasteiger partial charge on any atom is 0.225 e. The van der Waals surface area contributed by atoms with Crippen molar-refractivity contribution in [3.8, 4) is 0 Å². The second kappa shape index (κ2) is 4.73. The topological polar surface area (TPSA) is 29.1 Å². The number of rotatable bonds is 2. The fraction of sp³-hybridized carbons (Fsp3) is 0.917. The van der Waals surface area contributed by atoms with Crippen molar-refractivity contribution in [1.82, 2.24) is 5.32 Å². The lowest BCUT2D eigenvalue weighted by Crippen LogP contribution is -2.54. The summed E-state index contributed by atoms with van der Waals surface area (Å²) in [4.78, 5) is 11.9. The zero-order chi connectivity index (χ0) is 11.5. The van der Waals surface area contributed by atoms with Crippen molar-refractivity contribution in [2.45, 2.75) is 58.4 Å². The smallest absolute Gasteiger partial charge is 0.225 e. The van der Waals surface area contributed by atoms with Crippen LogP contribution in [0.5, 0.6) is 0 Å². The Labute approximate surface area is 97.8 Å². The summed E-state index contributed by atoms with van der Waals surface area (Å²) in [7, 11) is 0. The highest BCUT2D eigenvalue weighted by Crippen LogP contribution is 2.30. The van der Waals surface area contributed by atoms with Gasteiger partial charge < -0.3 is 5.32 Å². The van der Waals surface area contributed by atoms with E-state index < -0.39 is 0 Å². The summed E-state index contributed by atoms with van der Waals surface area (Å²) in [5.41, 5.74) is -0.458. The Kier molecular flexibility index (Phi) is 4.05. The van der Waals surface area contributed by atoms with E-state index in [1.54, 1.807) is 0 Å². The molecule has 0 aromatic heterocycles. The Bertz CT molecular complexity index is 226. The van der Waals surface area contributed by atoms with Crippen LogP contribution in [0.3, 0.4) is 0 Å². The summed E-state index contributed by atoms with van der Waals surface area (Å²) in [5, 5.41) is 3.15. The molecule has 15 heavy (non-hydrogen) atoms. The van der Waals surface area contributed by atoms with Crippen LogP contribution >= 0.6 is 11.6 Å². The Morgan fingerprint density at radius 3 is 2.20 bits per heavy atom. The minimum absolute atomic E-state index is 0.116. The van der Waals surface area contributed by atoms with Crippen molar-refractivity contribution in [2.75, 3.05) is 5.88 Å². The number of halogens is 1. The molecule has 0 atom stereocenters. The van der Waals surface area contributed by atoms with Gasteiger partial charge in [0.2, 0.25) is 5.91 Å². The van der Waals surface area contributed by atoms with Crippen molar-refractivity contribution in [3.05, 3.63) is 0 Å². The van der Waals surface area contributed by atoms with E-state index in [0.717, 1.165) is 12.8 Å². The predicted molar refractivity (Wildman–Crippen MR) is 64.1 cm³/mol. The van der Waals surface area contributed by atoms with Crippen molar-refractivity contribution >= 4 is 17.5 Å². The minimum Gasteiger partial charge on any atom is -0.349 e. The summed E-state index contributed by atoms with van der Waals surface area (Å²) < 4.78 is 0. The molecule has 0 bridgehead atoms. The molecule has 1 rings (SSSR count). The molecule has 1 aliphatic carbocycles. The molecule has 1 amide bonds. The van der Waals surface area contributed by atoms with Gasteiger partial charge in [0.1, 0.15) is 0 Å². The monoisotopic (exact) mass is 231 g/mol. The normalized spacial score (nSPS) is 21.1. The van der Waals surface area contributed by atoms with Gasteiger partial charge in [-0.2, -0.15) is 0 Å². The first-order valence-corrected chi connectivity index (χ1v) is 6.32. The third-order valence-electron chi connectivity index (χ3n) is 3.13. The number of carbonyl (C=O) groups is 1. The van der Waals surface area contributed by atoms with E-state index in [1.165, 1.54) is 19.3 Å². The van der Waals surface area contributed by atoms with Crippen LogP contribution in [0, 0.1) is 5.41 Å². The van der Waals surface area contributed by atoms with Crippen molar-refractivity contribution < 1.29 is 4.79 Å². The highest BCUT2D eigenvalue weighted by atomic mass is 35.5. The van der Waals surface area contributed by atoms with Gasteiger partial charge in [-0.05, 0) is 12.8 Å². The summed E-state index contributed by atoms with van der Waals surface area (Å²) in [6.07, 6.45) is 5.68. The van der Waals surface area contributed by atoms with E-state index in [0.29, 0.717) is 5.88 Å². The molecule has 0 spiro atoms. The molecule has 1 fully saturated rings. The highest BCUT2D eigenvalue weighted by Gasteiger charge is 2.35. The lowest BCUT2D eigenvalue weighted by Gasteiger charge is -2.38. The number of nitrogens with one attached hydrogen (secondary N) is 1. The third kappa shape index (κ3) is 3.37. The molecule has 2 nitrogen and oxygen atoms in total. The van der Waals surface area contributed by atoms with Gasteiger partial charge in [-0.25, -0.2) is 0 Å². The molecule has 0 aromatic rings. The molecule has 1 aliphatic rings. The van der Waals surface area contributed by atoms with Crippen LogP contribution < -0.4 is 5.32 Å². The quantitative estimate of drug-likeness (QED) is 0.728. The lowest BCUT2D eigenvalue weighted by molar-refractivity contribution is -0.130. The molecule has 0 aliphatic heterocycles. The Morgan fingerprint density at radius 1 is 1.27 bits per heavy atom. The van der Waals surface area contributed by atoms with Crippen LogP contribution in [0.25, 0.3) is 0 Å². The van der Waals surface area contributed by atoms with E-state index >= 15 is 0 Å². The van der Waals surface area contributed by atoms with E-state index in [9.17, 15) is 4.79 Å². The van der Waals surface area contributed by atoms with Gasteiger partial charge in [-0.1, -0.05) is 40.0 Å². The molecular weight excluding hydrogens is 210 g/mol. The van der Waals surface area contributed by atoms with E-state index in [-0.39, 0.29) is 16.9 Å². The molecule has 0 unspecified atom stereocenters. The first-order chi connectivity index (χ1) is 6.90. The van der Waals surface area contributed by atoms with Crippen LogP contribution in [0.15, 0.2) is 0 Å². The first kappa shape index (κ1) is 12.8. The first-order valence-electron chi connectivity index (χ1n) is 5.78. The largest absolute Gasteiger partial charge is 0.349 e. The van der Waals surface area contributed by atoms with Gasteiger partial charge in [-0.15, -0.1) is 11.6 Å². The maximum atomic E-state index is 11.9. The van der Waals surface area contributed by atoms with E-state index in [1.807, 2.05) is 20.8 Å². The Balaban J connectivity index is 2.63. The molecule has 1 N–H and O–H groups in total. The fourth-order valence-corrected chi connectivity index (χ4v) is 2.28. The zero-order valence-corrected chi connectivity index (χ0v) is 10.8. The summed E-state index contributed by atoms with van der Waals surface area (Å²) in [5.74, 6) is 0.652. The Morgan fingerprint density at radius 2 is 1.80 bits per heavy atom. The SMILES string of the molecule is CC(C)(C)C(=O)NC1(CCl)CCCCC1. The molecule has 0 heterocycles. The van der Waals surface area contributed by atoms with Crippen LogP contribution in [0.1, 0.15) is 52.9 Å². The van der Waals surface area contributed by atoms with Crippen LogP contribution in [0.4, 0.5) is 0 Å². The van der Waals surface area contributed by atoms with Crippen molar-refractivity contribution in [1.29, 1.82) is 0 Å². The van der Waals surface area contributed by atoms with Crippen LogP contribution in [0.2, 0.25) is 0 Å². The van der Waals surface area contributed by atoms with E-state index in [4.69, 9.17) is 11.6 Å². The maximum absolute atomic E-state index is 11.9. The lowest BCUT2D eigenvalue weighted by atomic mass is 9.82. The van der Waals surface area contributed by atoms with Gasteiger partial charge in [0.25, 0.3) is 0 Å². The second-order valence-electron chi connectivity index (χ2n) is 5.68. The Hall–Kier alpha value is -0.240. The van der Waals surface area contributed by atoms with E-state index in [2.05, 4.69) is 5.32 Å². The molecule has 0 radical (unpaired) electrons. The van der Waals surface area contributed by atoms with Gasteiger partial charge in [0.15, 0.2) is 0 Å². The summed E-state index contributed by atoms with van der Waals surface area (Å²) in [6.45, 7) is 5.81. The number of amides is 1. The van der Waals surface area contributed by atoms with Gasteiger partial charge in [0.05, 0.1) is 5.54 Å². The molecular formula is C12H22ClNO. The second-order valence-corrected chi connectivity index (χ2v) is 5.95. The molecule has 88 valence electrons. The highest BCUT2D eigenvalue weighted by molar-refractivity contribution is 6.18. The third-order valence-corrected chi connectivity index (χ3v) is 3.64. The van der Waals surface area contributed by atoms with Gasteiger partial charge in [-0.3, -0.25) is 4.79 Å². The summed E-state index contributed by atoms with van der Waals surface area (Å²) in [6, 6.07) is 0. The standard InChI is InChI=1S/C12H22ClNO/c1-11(2,3)10(15)14-12(9-13)7-5-4-6-8-12/h4-9H2,1-3H3,(H,14,15). The molecule has 0 aromatic carbocycles. The number of hydrogen-bond donors (Lipinski definition) is 1. The predicted octanol–water partition coefficient (Wildman–Crippen LogP) is 3.09. The number of hydrogen-bond acceptors (Lipinski definition) is 1. The fourth-order valence-electron chi connectivity index (χ4n) is 1.95.